The van der Waals surface area contributed by atoms with Gasteiger partial charge in [0.25, 0.3) is 11.7 Å². The van der Waals surface area contributed by atoms with E-state index in [1.165, 1.54) is 0 Å². The van der Waals surface area contributed by atoms with Crippen molar-refractivity contribution in [3.63, 3.8) is 0 Å². The van der Waals surface area contributed by atoms with Gasteiger partial charge in [0.2, 0.25) is 0 Å². The van der Waals surface area contributed by atoms with Crippen LogP contribution in [0.3, 0.4) is 0 Å². The van der Waals surface area contributed by atoms with Crippen LogP contribution < -0.4 is 4.74 Å². The highest BCUT2D eigenvalue weighted by Gasteiger charge is 2.45. The first-order chi connectivity index (χ1) is 19.8. The number of hydrogen-bond acceptors (Lipinski definition) is 5. The Morgan fingerprint density at radius 1 is 1.00 bits per heavy atom. The van der Waals surface area contributed by atoms with E-state index in [4.69, 9.17) is 4.74 Å². The molecule has 3 aromatic carbocycles. The molecule has 1 N–H and O–H groups in total. The lowest BCUT2D eigenvalue weighted by Gasteiger charge is -2.26. The van der Waals surface area contributed by atoms with Crippen LogP contribution in [-0.2, 0) is 22.7 Å². The fourth-order valence-corrected chi connectivity index (χ4v) is 5.20. The van der Waals surface area contributed by atoms with Gasteiger partial charge in [-0.1, -0.05) is 67.9 Å². The predicted octanol–water partition coefficient (Wildman–Crippen LogP) is 6.41. The molecule has 0 bridgehead atoms. The molecule has 1 aliphatic rings. The van der Waals surface area contributed by atoms with E-state index in [-0.39, 0.29) is 11.3 Å². The lowest BCUT2D eigenvalue weighted by Crippen LogP contribution is -2.31. The van der Waals surface area contributed by atoms with Crippen LogP contribution in [0.1, 0.15) is 60.0 Å². The highest BCUT2D eigenvalue weighted by Crippen LogP contribution is 2.40. The monoisotopic (exact) mass is 549 g/mol. The lowest BCUT2D eigenvalue weighted by molar-refractivity contribution is -0.139. The smallest absolute Gasteiger partial charge is 0.295 e. The maximum atomic E-state index is 13.4. The minimum atomic E-state index is -0.684. The maximum Gasteiger partial charge on any atom is 0.295 e. The fraction of sp³-hybridized carbons (Fsp3) is 0.265. The van der Waals surface area contributed by atoms with E-state index in [1.54, 1.807) is 41.7 Å². The molecule has 7 heteroatoms. The summed E-state index contributed by atoms with van der Waals surface area (Å²) in [4.78, 5) is 32.3. The van der Waals surface area contributed by atoms with E-state index < -0.39 is 17.7 Å². The van der Waals surface area contributed by atoms with Crippen LogP contribution in [0.25, 0.3) is 5.76 Å². The number of likely N-dealkylation sites (tertiary alicyclic amines) is 1. The van der Waals surface area contributed by atoms with Crippen LogP contribution in [-0.4, -0.2) is 37.8 Å². The molecule has 0 saturated carbocycles. The molecular weight excluding hydrogens is 514 g/mol. The number of ether oxygens (including phenoxy) is 1. The van der Waals surface area contributed by atoms with Crippen molar-refractivity contribution in [2.45, 2.75) is 52.3 Å². The molecule has 0 aliphatic carbocycles. The molecule has 1 amide bonds. The van der Waals surface area contributed by atoms with E-state index in [9.17, 15) is 14.7 Å². The molecule has 1 unspecified atom stereocenters. The van der Waals surface area contributed by atoms with Crippen molar-refractivity contribution in [3.8, 4) is 5.75 Å². The zero-order valence-electron chi connectivity index (χ0n) is 23.7. The number of nitrogens with zero attached hydrogens (tertiary/aromatic N) is 3. The van der Waals surface area contributed by atoms with Gasteiger partial charge in [0.15, 0.2) is 0 Å². The molecule has 7 nitrogen and oxygen atoms in total. The summed E-state index contributed by atoms with van der Waals surface area (Å²) in [6.07, 6.45) is 5.94. The van der Waals surface area contributed by atoms with Crippen molar-refractivity contribution in [1.29, 1.82) is 0 Å². The van der Waals surface area contributed by atoms with Gasteiger partial charge in [0.1, 0.15) is 18.1 Å². The average Bonchev–Trinajstić information content (AvgIpc) is 3.58. The molecule has 4 aromatic rings. The highest BCUT2D eigenvalue weighted by molar-refractivity contribution is 6.46. The largest absolute Gasteiger partial charge is 0.507 e. The molecule has 5 rings (SSSR count). The Hall–Kier alpha value is -4.65. The molecule has 0 radical (unpaired) electrons. The SMILES string of the molecule is Cc1cccc(COc2ccc(/C(O)=C3\C(=O)C(=O)N(CCCn4ccnc4)C3c3ccc(C(C)C)cc3)cc2)c1. The van der Waals surface area contributed by atoms with E-state index >= 15 is 0 Å². The van der Waals surface area contributed by atoms with Crippen LogP contribution in [0.2, 0.25) is 0 Å². The number of imidazole rings is 1. The minimum absolute atomic E-state index is 0.100. The number of carbonyl (C=O) groups is 2. The highest BCUT2D eigenvalue weighted by atomic mass is 16.5. The molecule has 1 fully saturated rings. The van der Waals surface area contributed by atoms with Gasteiger partial charge < -0.3 is 19.3 Å². The van der Waals surface area contributed by atoms with Gasteiger partial charge in [-0.15, -0.1) is 0 Å². The number of Topliss-reactive ketones (excluding diaryl/α,β-unsaturated/α-hetero) is 1. The number of amides is 1. The average molecular weight is 550 g/mol. The molecule has 2 heterocycles. The summed E-state index contributed by atoms with van der Waals surface area (Å²) in [6, 6.07) is 22.3. The van der Waals surface area contributed by atoms with Gasteiger partial charge >= 0.3 is 0 Å². The minimum Gasteiger partial charge on any atom is -0.507 e. The van der Waals surface area contributed by atoms with Crippen molar-refractivity contribution in [2.75, 3.05) is 6.54 Å². The quantitative estimate of drug-likeness (QED) is 0.140. The summed E-state index contributed by atoms with van der Waals surface area (Å²) < 4.78 is 7.86. The Balaban J connectivity index is 1.42. The Labute approximate surface area is 240 Å². The number of hydrogen-bond donors (Lipinski definition) is 1. The Bertz CT molecular complexity index is 1540. The molecule has 1 saturated heterocycles. The zero-order valence-corrected chi connectivity index (χ0v) is 23.7. The van der Waals surface area contributed by atoms with Crippen LogP contribution in [0.15, 0.2) is 97.1 Å². The van der Waals surface area contributed by atoms with Crippen LogP contribution >= 0.6 is 0 Å². The Morgan fingerprint density at radius 2 is 1.76 bits per heavy atom. The zero-order chi connectivity index (χ0) is 28.9. The normalized spacial score (nSPS) is 16.5. The lowest BCUT2D eigenvalue weighted by atomic mass is 9.93. The molecule has 1 aromatic heterocycles. The number of aliphatic hydroxyl groups is 1. The van der Waals surface area contributed by atoms with Gasteiger partial charge in [0, 0.05) is 31.0 Å². The summed E-state index contributed by atoms with van der Waals surface area (Å²) in [7, 11) is 0. The predicted molar refractivity (Wildman–Crippen MR) is 158 cm³/mol. The second kappa shape index (κ2) is 12.3. The van der Waals surface area contributed by atoms with Crippen LogP contribution in [0.5, 0.6) is 5.75 Å². The van der Waals surface area contributed by atoms with Crippen molar-refractivity contribution in [3.05, 3.63) is 125 Å². The van der Waals surface area contributed by atoms with E-state index in [0.29, 0.717) is 43.3 Å². The van der Waals surface area contributed by atoms with Crippen molar-refractivity contribution in [2.24, 2.45) is 0 Å². The number of aryl methyl sites for hydroxylation is 2. The van der Waals surface area contributed by atoms with E-state index in [2.05, 4.69) is 24.9 Å². The van der Waals surface area contributed by atoms with Gasteiger partial charge in [-0.2, -0.15) is 0 Å². The summed E-state index contributed by atoms with van der Waals surface area (Å²) in [5.74, 6) is -0.485. The standard InChI is InChI=1S/C34H35N3O4/c1-23(2)26-8-10-27(11-9-26)31-30(33(39)34(40)37(31)18-5-17-36-19-16-35-22-36)32(38)28-12-14-29(15-13-28)41-21-25-7-4-6-24(3)20-25/h4,6-16,19-20,22-23,31,38H,5,17-18,21H2,1-3H3/b32-30+. The molecule has 0 spiro atoms. The number of carbonyl (C=O) groups excluding carboxylic acids is 2. The number of benzene rings is 3. The van der Waals surface area contributed by atoms with E-state index in [0.717, 1.165) is 22.3 Å². The second-order valence-corrected chi connectivity index (χ2v) is 10.8. The molecular formula is C34H35N3O4. The van der Waals surface area contributed by atoms with Gasteiger partial charge in [-0.25, -0.2) is 4.98 Å². The number of aromatic nitrogens is 2. The first-order valence-electron chi connectivity index (χ1n) is 13.9. The number of rotatable bonds is 10. The molecule has 1 atom stereocenters. The van der Waals surface area contributed by atoms with Crippen molar-refractivity contribution >= 4 is 17.4 Å². The fourth-order valence-electron chi connectivity index (χ4n) is 5.20. The van der Waals surface area contributed by atoms with Gasteiger partial charge in [-0.05, 0) is 60.2 Å². The summed E-state index contributed by atoms with van der Waals surface area (Å²) >= 11 is 0. The summed E-state index contributed by atoms with van der Waals surface area (Å²) in [6.45, 7) is 7.71. The van der Waals surface area contributed by atoms with Crippen LogP contribution in [0.4, 0.5) is 0 Å². The molecule has 1 aliphatic heterocycles. The van der Waals surface area contributed by atoms with Gasteiger partial charge in [-0.3, -0.25) is 9.59 Å². The van der Waals surface area contributed by atoms with E-state index in [1.807, 2.05) is 60.2 Å². The number of ketones is 1. The second-order valence-electron chi connectivity index (χ2n) is 10.8. The summed E-state index contributed by atoms with van der Waals surface area (Å²) in [5, 5.41) is 11.4. The van der Waals surface area contributed by atoms with Crippen molar-refractivity contribution in [1.82, 2.24) is 14.5 Å². The molecule has 41 heavy (non-hydrogen) atoms. The van der Waals surface area contributed by atoms with Crippen molar-refractivity contribution < 1.29 is 19.4 Å². The first kappa shape index (κ1) is 27.9. The van der Waals surface area contributed by atoms with Gasteiger partial charge in [0.05, 0.1) is 17.9 Å². The summed E-state index contributed by atoms with van der Waals surface area (Å²) in [5.41, 5.74) is 4.73. The maximum absolute atomic E-state index is 13.4. The number of aliphatic hydroxyl groups excluding tert-OH is 1. The topological polar surface area (TPSA) is 84.7 Å². The van der Waals surface area contributed by atoms with Crippen LogP contribution in [0, 0.1) is 6.92 Å². The molecule has 210 valence electrons. The third kappa shape index (κ3) is 6.24. The first-order valence-corrected chi connectivity index (χ1v) is 13.9. The third-order valence-corrected chi connectivity index (χ3v) is 7.45. The third-order valence-electron chi connectivity index (χ3n) is 7.45. The Kier molecular flexibility index (Phi) is 8.34. The Morgan fingerprint density at radius 3 is 2.41 bits per heavy atom.